The Hall–Kier alpha value is -1.84. The fraction of sp³-hybridized carbons (Fsp3) is 0.273. The lowest BCUT2D eigenvalue weighted by Crippen LogP contribution is -2.29. The fourth-order valence-corrected chi connectivity index (χ4v) is 1.68. The number of rotatable bonds is 1. The van der Waals surface area contributed by atoms with E-state index in [-0.39, 0.29) is 17.7 Å². The molecule has 4 heteroatoms. The largest absolute Gasteiger partial charge is 0.399 e. The van der Waals surface area contributed by atoms with Crippen LogP contribution in [-0.4, -0.2) is 11.8 Å². The van der Waals surface area contributed by atoms with Crippen molar-refractivity contribution in [3.63, 3.8) is 0 Å². The molecule has 2 amide bonds. The van der Waals surface area contributed by atoms with Crippen molar-refractivity contribution in [1.29, 1.82) is 0 Å². The first-order valence-electron chi connectivity index (χ1n) is 4.82. The maximum atomic E-state index is 11.7. The molecule has 1 heterocycles. The molecule has 0 bridgehead atoms. The Morgan fingerprint density at radius 2 is 1.87 bits per heavy atom. The molecule has 1 aromatic carbocycles. The van der Waals surface area contributed by atoms with Crippen molar-refractivity contribution in [3.05, 3.63) is 24.3 Å². The molecular formula is C11H12N2O2. The number of nitrogens with two attached hydrogens (primary N) is 1. The summed E-state index contributed by atoms with van der Waals surface area (Å²) in [5.74, 6) is -0.489. The molecule has 15 heavy (non-hydrogen) atoms. The smallest absolute Gasteiger partial charge is 0.237 e. The van der Waals surface area contributed by atoms with Gasteiger partial charge in [0.05, 0.1) is 5.69 Å². The van der Waals surface area contributed by atoms with Gasteiger partial charge in [-0.2, -0.15) is 0 Å². The standard InChI is InChI=1S/C11H12N2O2/c1-7-6-10(14)13(11(7)15)9-4-2-8(12)3-5-9/h2-5,7H,6,12H2,1H3. The maximum Gasteiger partial charge on any atom is 0.237 e. The van der Waals surface area contributed by atoms with Crippen LogP contribution in [0, 0.1) is 5.92 Å². The average molecular weight is 204 g/mol. The van der Waals surface area contributed by atoms with Crippen molar-refractivity contribution in [2.75, 3.05) is 10.6 Å². The molecule has 1 unspecified atom stereocenters. The molecule has 0 radical (unpaired) electrons. The van der Waals surface area contributed by atoms with E-state index in [1.807, 2.05) is 0 Å². The van der Waals surface area contributed by atoms with E-state index >= 15 is 0 Å². The second-order valence-corrected chi connectivity index (χ2v) is 3.76. The van der Waals surface area contributed by atoms with Crippen LogP contribution >= 0.6 is 0 Å². The Labute approximate surface area is 87.7 Å². The SMILES string of the molecule is CC1CC(=O)N(c2ccc(N)cc2)C1=O. The van der Waals surface area contributed by atoms with Gasteiger partial charge in [0.2, 0.25) is 11.8 Å². The van der Waals surface area contributed by atoms with E-state index in [1.54, 1.807) is 31.2 Å². The van der Waals surface area contributed by atoms with Crippen LogP contribution in [0.5, 0.6) is 0 Å². The third-order valence-electron chi connectivity index (χ3n) is 2.52. The highest BCUT2D eigenvalue weighted by Gasteiger charge is 2.36. The average Bonchev–Trinajstić information content (AvgIpc) is 2.44. The van der Waals surface area contributed by atoms with Crippen molar-refractivity contribution >= 4 is 23.2 Å². The number of carbonyl (C=O) groups excluding carboxylic acids is 2. The van der Waals surface area contributed by atoms with Crippen molar-refractivity contribution < 1.29 is 9.59 Å². The number of nitrogens with zero attached hydrogens (tertiary/aromatic N) is 1. The summed E-state index contributed by atoms with van der Waals surface area (Å²) in [4.78, 5) is 24.5. The third kappa shape index (κ3) is 1.58. The normalized spacial score (nSPS) is 21.1. The van der Waals surface area contributed by atoms with Gasteiger partial charge in [0.15, 0.2) is 0 Å². The molecule has 1 aliphatic rings. The summed E-state index contributed by atoms with van der Waals surface area (Å²) in [5.41, 5.74) is 6.75. The van der Waals surface area contributed by atoms with Crippen LogP contribution in [0.2, 0.25) is 0 Å². The molecule has 0 aromatic heterocycles. The van der Waals surface area contributed by atoms with Crippen LogP contribution in [0.4, 0.5) is 11.4 Å². The van der Waals surface area contributed by atoms with Crippen LogP contribution in [0.3, 0.4) is 0 Å². The van der Waals surface area contributed by atoms with Crippen molar-refractivity contribution in [3.8, 4) is 0 Å². The quantitative estimate of drug-likeness (QED) is 0.551. The lowest BCUT2D eigenvalue weighted by atomic mass is 10.1. The highest BCUT2D eigenvalue weighted by atomic mass is 16.2. The Morgan fingerprint density at radius 3 is 2.33 bits per heavy atom. The molecule has 1 atom stereocenters. The molecule has 1 aliphatic heterocycles. The van der Waals surface area contributed by atoms with Crippen LogP contribution in [0.1, 0.15) is 13.3 Å². The maximum absolute atomic E-state index is 11.7. The summed E-state index contributed by atoms with van der Waals surface area (Å²) in [5, 5.41) is 0. The summed E-state index contributed by atoms with van der Waals surface area (Å²) < 4.78 is 0. The zero-order chi connectivity index (χ0) is 11.0. The lowest BCUT2D eigenvalue weighted by molar-refractivity contribution is -0.122. The zero-order valence-corrected chi connectivity index (χ0v) is 8.43. The molecule has 0 spiro atoms. The molecule has 2 rings (SSSR count). The van der Waals surface area contributed by atoms with Crippen LogP contribution in [-0.2, 0) is 9.59 Å². The van der Waals surface area contributed by atoms with E-state index in [1.165, 1.54) is 4.90 Å². The molecule has 4 nitrogen and oxygen atoms in total. The van der Waals surface area contributed by atoms with Crippen LogP contribution in [0.25, 0.3) is 0 Å². The van der Waals surface area contributed by atoms with Gasteiger partial charge in [-0.25, -0.2) is 0 Å². The van der Waals surface area contributed by atoms with E-state index in [9.17, 15) is 9.59 Å². The lowest BCUT2D eigenvalue weighted by Gasteiger charge is -2.14. The van der Waals surface area contributed by atoms with E-state index in [4.69, 9.17) is 5.73 Å². The van der Waals surface area contributed by atoms with Crippen molar-refractivity contribution in [1.82, 2.24) is 0 Å². The minimum Gasteiger partial charge on any atom is -0.399 e. The predicted molar refractivity (Wildman–Crippen MR) is 57.1 cm³/mol. The van der Waals surface area contributed by atoms with Gasteiger partial charge in [0.25, 0.3) is 0 Å². The highest BCUT2D eigenvalue weighted by Crippen LogP contribution is 2.26. The fourth-order valence-electron chi connectivity index (χ4n) is 1.68. The number of amides is 2. The first kappa shape index (κ1) is 9.71. The first-order chi connectivity index (χ1) is 7.09. The molecule has 0 saturated carbocycles. The summed E-state index contributed by atoms with van der Waals surface area (Å²) in [6.45, 7) is 1.76. The van der Waals surface area contributed by atoms with E-state index in [0.717, 1.165) is 0 Å². The number of hydrogen-bond donors (Lipinski definition) is 1. The van der Waals surface area contributed by atoms with E-state index < -0.39 is 0 Å². The van der Waals surface area contributed by atoms with Gasteiger partial charge in [-0.05, 0) is 24.3 Å². The Kier molecular flexibility index (Phi) is 2.19. The number of nitrogen functional groups attached to an aromatic ring is 1. The zero-order valence-electron chi connectivity index (χ0n) is 8.43. The minimum atomic E-state index is -0.213. The second kappa shape index (κ2) is 3.38. The van der Waals surface area contributed by atoms with Crippen LogP contribution in [0.15, 0.2) is 24.3 Å². The third-order valence-corrected chi connectivity index (χ3v) is 2.52. The molecular weight excluding hydrogens is 192 g/mol. The summed E-state index contributed by atoms with van der Waals surface area (Å²) >= 11 is 0. The first-order valence-corrected chi connectivity index (χ1v) is 4.82. The topological polar surface area (TPSA) is 63.4 Å². The molecule has 0 aliphatic carbocycles. The van der Waals surface area contributed by atoms with Gasteiger partial charge in [-0.15, -0.1) is 0 Å². The van der Waals surface area contributed by atoms with Crippen molar-refractivity contribution in [2.24, 2.45) is 5.92 Å². The highest BCUT2D eigenvalue weighted by molar-refractivity contribution is 6.20. The van der Waals surface area contributed by atoms with E-state index in [2.05, 4.69) is 0 Å². The molecule has 2 N–H and O–H groups in total. The van der Waals surface area contributed by atoms with Gasteiger partial charge < -0.3 is 5.73 Å². The molecule has 1 aromatic rings. The Bertz CT molecular complexity index is 411. The Balaban J connectivity index is 2.35. The predicted octanol–water partition coefficient (Wildman–Crippen LogP) is 1.17. The van der Waals surface area contributed by atoms with Crippen LogP contribution < -0.4 is 10.6 Å². The van der Waals surface area contributed by atoms with Gasteiger partial charge >= 0.3 is 0 Å². The number of imide groups is 1. The number of hydrogen-bond acceptors (Lipinski definition) is 3. The minimum absolute atomic E-state index is 0.134. The molecule has 1 fully saturated rings. The van der Waals surface area contributed by atoms with E-state index in [0.29, 0.717) is 17.8 Å². The number of benzene rings is 1. The number of carbonyl (C=O) groups is 2. The van der Waals surface area contributed by atoms with Gasteiger partial charge in [0.1, 0.15) is 0 Å². The summed E-state index contributed by atoms with van der Waals surface area (Å²) in [6.07, 6.45) is 0.295. The monoisotopic (exact) mass is 204 g/mol. The van der Waals surface area contributed by atoms with Crippen molar-refractivity contribution in [2.45, 2.75) is 13.3 Å². The van der Waals surface area contributed by atoms with Gasteiger partial charge in [0, 0.05) is 18.0 Å². The molecule has 1 saturated heterocycles. The second-order valence-electron chi connectivity index (χ2n) is 3.76. The number of anilines is 2. The summed E-state index contributed by atoms with van der Waals surface area (Å²) in [6, 6.07) is 6.73. The molecule has 78 valence electrons. The van der Waals surface area contributed by atoms with Gasteiger partial charge in [-0.1, -0.05) is 6.92 Å². The Morgan fingerprint density at radius 1 is 1.27 bits per heavy atom. The van der Waals surface area contributed by atoms with Gasteiger partial charge in [-0.3, -0.25) is 14.5 Å². The summed E-state index contributed by atoms with van der Waals surface area (Å²) in [7, 11) is 0.